The number of hydrogen-bond acceptors (Lipinski definition) is 2. The smallest absolute Gasteiger partial charge is 0.0693 e. The summed E-state index contributed by atoms with van der Waals surface area (Å²) < 4.78 is 0. The van der Waals surface area contributed by atoms with Crippen LogP contribution in [0.5, 0.6) is 0 Å². The predicted octanol–water partition coefficient (Wildman–Crippen LogP) is 4.73. The van der Waals surface area contributed by atoms with Crippen molar-refractivity contribution in [1.29, 1.82) is 0 Å². The van der Waals surface area contributed by atoms with Gasteiger partial charge in [0.05, 0.1) is 6.10 Å². The minimum atomic E-state index is -0.252. The van der Waals surface area contributed by atoms with Crippen molar-refractivity contribution >= 4 is 23.2 Å². The monoisotopic (exact) mass is 315 g/mol. The van der Waals surface area contributed by atoms with Gasteiger partial charge in [0.25, 0.3) is 0 Å². The van der Waals surface area contributed by atoms with Crippen LogP contribution >= 0.6 is 23.2 Å². The maximum atomic E-state index is 10.2. The molecule has 1 aromatic carbocycles. The van der Waals surface area contributed by atoms with Gasteiger partial charge in [0.15, 0.2) is 0 Å². The second kappa shape index (κ2) is 7.65. The predicted molar refractivity (Wildman–Crippen MR) is 85.5 cm³/mol. The van der Waals surface area contributed by atoms with Gasteiger partial charge >= 0.3 is 0 Å². The molecule has 0 spiro atoms. The third kappa shape index (κ3) is 4.11. The summed E-state index contributed by atoms with van der Waals surface area (Å²) in [7, 11) is 0. The number of aliphatic hydroxyl groups excluding tert-OH is 1. The number of rotatable bonds is 4. The molecule has 2 nitrogen and oxygen atoms in total. The molecule has 3 unspecified atom stereocenters. The minimum Gasteiger partial charge on any atom is -0.392 e. The summed E-state index contributed by atoms with van der Waals surface area (Å²) in [6.45, 7) is 2.13. The molecule has 0 radical (unpaired) electrons. The third-order valence-corrected chi connectivity index (χ3v) is 4.70. The van der Waals surface area contributed by atoms with Crippen LogP contribution < -0.4 is 5.32 Å². The topological polar surface area (TPSA) is 32.3 Å². The van der Waals surface area contributed by atoms with Crippen molar-refractivity contribution < 1.29 is 5.11 Å². The van der Waals surface area contributed by atoms with Crippen LogP contribution in [-0.2, 0) is 0 Å². The van der Waals surface area contributed by atoms with Crippen LogP contribution in [0.2, 0.25) is 10.0 Å². The molecule has 0 amide bonds. The summed E-state index contributed by atoms with van der Waals surface area (Å²) in [4.78, 5) is 0. The molecule has 1 fully saturated rings. The molecular formula is C16H23Cl2NO. The lowest BCUT2D eigenvalue weighted by atomic mass is 9.99. The minimum absolute atomic E-state index is 0.161. The van der Waals surface area contributed by atoms with Crippen LogP contribution in [0, 0.1) is 0 Å². The van der Waals surface area contributed by atoms with E-state index >= 15 is 0 Å². The van der Waals surface area contributed by atoms with E-state index in [1.165, 1.54) is 12.8 Å². The lowest BCUT2D eigenvalue weighted by molar-refractivity contribution is 0.113. The summed E-state index contributed by atoms with van der Waals surface area (Å²) in [5.41, 5.74) is 1.06. The van der Waals surface area contributed by atoms with Crippen molar-refractivity contribution in [2.45, 2.75) is 63.6 Å². The van der Waals surface area contributed by atoms with Crippen LogP contribution in [0.25, 0.3) is 0 Å². The highest BCUT2D eigenvalue weighted by Crippen LogP contribution is 2.30. The molecule has 1 aromatic rings. The van der Waals surface area contributed by atoms with Crippen LogP contribution in [0.15, 0.2) is 18.2 Å². The van der Waals surface area contributed by atoms with Crippen molar-refractivity contribution in [3.05, 3.63) is 33.8 Å². The quantitative estimate of drug-likeness (QED) is 0.787. The van der Waals surface area contributed by atoms with Gasteiger partial charge in [-0.2, -0.15) is 0 Å². The normalized spacial score (nSPS) is 25.2. The average Bonchev–Trinajstić information content (AvgIpc) is 2.62. The van der Waals surface area contributed by atoms with E-state index in [9.17, 15) is 5.11 Å². The van der Waals surface area contributed by atoms with E-state index in [-0.39, 0.29) is 18.2 Å². The molecule has 2 N–H and O–H groups in total. The third-order valence-electron chi connectivity index (χ3n) is 4.14. The lowest BCUT2D eigenvalue weighted by Gasteiger charge is -2.28. The Labute approximate surface area is 131 Å². The molecule has 0 heterocycles. The van der Waals surface area contributed by atoms with Gasteiger partial charge in [0.2, 0.25) is 0 Å². The van der Waals surface area contributed by atoms with E-state index in [0.717, 1.165) is 31.2 Å². The molecule has 112 valence electrons. The highest BCUT2D eigenvalue weighted by Gasteiger charge is 2.25. The lowest BCUT2D eigenvalue weighted by Crippen LogP contribution is -2.41. The second-order valence-corrected chi connectivity index (χ2v) is 6.45. The maximum absolute atomic E-state index is 10.2. The Morgan fingerprint density at radius 2 is 2.00 bits per heavy atom. The number of benzene rings is 1. The molecule has 1 aliphatic carbocycles. The fourth-order valence-corrected chi connectivity index (χ4v) is 3.49. The summed E-state index contributed by atoms with van der Waals surface area (Å²) in [6, 6.07) is 5.96. The van der Waals surface area contributed by atoms with E-state index in [2.05, 4.69) is 12.2 Å². The Kier molecular flexibility index (Phi) is 6.16. The number of nitrogens with one attached hydrogen (secondary N) is 1. The van der Waals surface area contributed by atoms with Crippen molar-refractivity contribution in [3.8, 4) is 0 Å². The Bertz CT molecular complexity index is 438. The Morgan fingerprint density at radius 1 is 1.25 bits per heavy atom. The first kappa shape index (κ1) is 16.1. The first-order valence-electron chi connectivity index (χ1n) is 7.51. The summed E-state index contributed by atoms with van der Waals surface area (Å²) in [6.07, 6.45) is 6.12. The largest absolute Gasteiger partial charge is 0.392 e. The average molecular weight is 316 g/mol. The van der Waals surface area contributed by atoms with Crippen molar-refractivity contribution in [2.75, 3.05) is 0 Å². The molecule has 3 atom stereocenters. The zero-order valence-corrected chi connectivity index (χ0v) is 13.4. The molecular weight excluding hydrogens is 293 g/mol. The van der Waals surface area contributed by atoms with E-state index < -0.39 is 0 Å². The van der Waals surface area contributed by atoms with Crippen molar-refractivity contribution in [2.24, 2.45) is 0 Å². The fraction of sp³-hybridized carbons (Fsp3) is 0.625. The highest BCUT2D eigenvalue weighted by atomic mass is 35.5. The van der Waals surface area contributed by atoms with Crippen molar-refractivity contribution in [1.82, 2.24) is 5.32 Å². The Morgan fingerprint density at radius 3 is 2.70 bits per heavy atom. The Balaban J connectivity index is 2.11. The standard InChI is InChI=1S/C16H23Cl2NO/c1-2-14(12-9-8-11(17)10-13(12)18)19-15-6-4-3-5-7-16(15)20/h8-10,14-16,19-20H,2-7H2,1H3. The van der Waals surface area contributed by atoms with E-state index in [4.69, 9.17) is 23.2 Å². The maximum Gasteiger partial charge on any atom is 0.0693 e. The second-order valence-electron chi connectivity index (χ2n) is 5.61. The van der Waals surface area contributed by atoms with Gasteiger partial charge in [0.1, 0.15) is 0 Å². The van der Waals surface area contributed by atoms with Gasteiger partial charge < -0.3 is 10.4 Å². The van der Waals surface area contributed by atoms with Gasteiger partial charge in [-0.3, -0.25) is 0 Å². The molecule has 20 heavy (non-hydrogen) atoms. The molecule has 0 aromatic heterocycles. The molecule has 4 heteroatoms. The van der Waals surface area contributed by atoms with Gasteiger partial charge in [-0.25, -0.2) is 0 Å². The van der Waals surface area contributed by atoms with Gasteiger partial charge in [-0.1, -0.05) is 55.5 Å². The number of halogens is 2. The van der Waals surface area contributed by atoms with Crippen LogP contribution in [-0.4, -0.2) is 17.3 Å². The molecule has 2 rings (SSSR count). The number of aliphatic hydroxyl groups is 1. The van der Waals surface area contributed by atoms with E-state index in [1.54, 1.807) is 6.07 Å². The van der Waals surface area contributed by atoms with E-state index in [0.29, 0.717) is 10.0 Å². The first-order valence-corrected chi connectivity index (χ1v) is 8.26. The highest BCUT2D eigenvalue weighted by molar-refractivity contribution is 6.35. The molecule has 0 bridgehead atoms. The van der Waals surface area contributed by atoms with Crippen molar-refractivity contribution in [3.63, 3.8) is 0 Å². The van der Waals surface area contributed by atoms with Gasteiger partial charge in [-0.05, 0) is 37.0 Å². The fourth-order valence-electron chi connectivity index (χ4n) is 2.95. The first-order chi connectivity index (χ1) is 9.61. The van der Waals surface area contributed by atoms with Gasteiger partial charge in [-0.15, -0.1) is 0 Å². The summed E-state index contributed by atoms with van der Waals surface area (Å²) in [5, 5.41) is 15.2. The molecule has 0 aliphatic heterocycles. The summed E-state index contributed by atoms with van der Waals surface area (Å²) in [5.74, 6) is 0. The molecule has 1 aliphatic rings. The van der Waals surface area contributed by atoms with Crippen LogP contribution in [0.1, 0.15) is 57.1 Å². The Hall–Kier alpha value is -0.280. The zero-order valence-electron chi connectivity index (χ0n) is 11.9. The number of hydrogen-bond donors (Lipinski definition) is 2. The van der Waals surface area contributed by atoms with Crippen LogP contribution in [0.3, 0.4) is 0 Å². The van der Waals surface area contributed by atoms with E-state index in [1.807, 2.05) is 12.1 Å². The zero-order chi connectivity index (χ0) is 14.5. The van der Waals surface area contributed by atoms with Crippen LogP contribution in [0.4, 0.5) is 0 Å². The molecule has 1 saturated carbocycles. The summed E-state index contributed by atoms with van der Waals surface area (Å²) >= 11 is 12.3. The SMILES string of the molecule is CCC(NC1CCCCCC1O)c1ccc(Cl)cc1Cl. The molecule has 0 saturated heterocycles. The van der Waals surface area contributed by atoms with Gasteiger partial charge in [0, 0.05) is 22.1 Å².